The molecule has 1 aliphatic heterocycles. The summed E-state index contributed by atoms with van der Waals surface area (Å²) >= 11 is 3.44. The van der Waals surface area contributed by atoms with Crippen LogP contribution in [0, 0.1) is 12.8 Å². The van der Waals surface area contributed by atoms with E-state index in [1.165, 1.54) is 10.6 Å². The summed E-state index contributed by atoms with van der Waals surface area (Å²) in [6.07, 6.45) is 4.38. The van der Waals surface area contributed by atoms with Gasteiger partial charge in [-0.05, 0) is 57.4 Å². The van der Waals surface area contributed by atoms with E-state index in [0.29, 0.717) is 25.1 Å². The summed E-state index contributed by atoms with van der Waals surface area (Å²) in [5, 5.41) is 2.94. The van der Waals surface area contributed by atoms with Gasteiger partial charge in [0.05, 0.1) is 12.2 Å². The summed E-state index contributed by atoms with van der Waals surface area (Å²) in [6.45, 7) is 6.44. The van der Waals surface area contributed by atoms with Crippen LogP contribution in [0.1, 0.15) is 38.3 Å². The van der Waals surface area contributed by atoms with Crippen molar-refractivity contribution in [3.63, 3.8) is 0 Å². The Kier molecular flexibility index (Phi) is 6.26. The topological polar surface area (TPSA) is 84.3 Å². The first-order chi connectivity index (χ1) is 13.2. The maximum Gasteiger partial charge on any atom is 0.262 e. The summed E-state index contributed by atoms with van der Waals surface area (Å²) in [5.41, 5.74) is 1.73. The van der Waals surface area contributed by atoms with Gasteiger partial charge in [0, 0.05) is 35.5 Å². The number of halogens is 1. The molecule has 7 nitrogen and oxygen atoms in total. The molecule has 1 N–H and O–H groups in total. The largest absolute Gasteiger partial charge is 0.334 e. The lowest BCUT2D eigenvalue weighted by atomic mass is 9.98. The minimum absolute atomic E-state index is 0.0331. The van der Waals surface area contributed by atoms with Crippen molar-refractivity contribution in [2.45, 2.75) is 44.7 Å². The SMILES string of the molecule is Cc1cc(NC(=O)C2CCCN(S(=O)(=O)c3cn(C(C)C)cn3)C2)ccc1Br. The number of carbonyl (C=O) groups is 1. The highest BCUT2D eigenvalue weighted by molar-refractivity contribution is 9.10. The van der Waals surface area contributed by atoms with Gasteiger partial charge in [0.2, 0.25) is 5.91 Å². The fourth-order valence-electron chi connectivity index (χ4n) is 3.21. The number of nitrogens with zero attached hydrogens (tertiary/aromatic N) is 3. The van der Waals surface area contributed by atoms with Gasteiger partial charge >= 0.3 is 0 Å². The Labute approximate surface area is 174 Å². The van der Waals surface area contributed by atoms with E-state index in [1.54, 1.807) is 10.8 Å². The van der Waals surface area contributed by atoms with Crippen LogP contribution >= 0.6 is 15.9 Å². The Morgan fingerprint density at radius 2 is 2.11 bits per heavy atom. The van der Waals surface area contributed by atoms with Crippen LogP contribution in [-0.2, 0) is 14.8 Å². The Morgan fingerprint density at radius 3 is 2.75 bits per heavy atom. The zero-order valence-electron chi connectivity index (χ0n) is 16.2. The molecule has 0 aliphatic carbocycles. The third kappa shape index (κ3) is 4.47. The number of nitrogens with one attached hydrogen (secondary N) is 1. The lowest BCUT2D eigenvalue weighted by Crippen LogP contribution is -2.43. The molecular formula is C19H25BrN4O3S. The molecule has 1 unspecified atom stereocenters. The predicted molar refractivity (Wildman–Crippen MR) is 112 cm³/mol. The van der Waals surface area contributed by atoms with Gasteiger partial charge in [-0.15, -0.1) is 0 Å². The Hall–Kier alpha value is -1.71. The highest BCUT2D eigenvalue weighted by Gasteiger charge is 2.34. The normalized spacial score (nSPS) is 18.4. The van der Waals surface area contributed by atoms with Crippen molar-refractivity contribution < 1.29 is 13.2 Å². The van der Waals surface area contributed by atoms with E-state index in [9.17, 15) is 13.2 Å². The summed E-state index contributed by atoms with van der Waals surface area (Å²) in [7, 11) is -3.71. The summed E-state index contributed by atoms with van der Waals surface area (Å²) in [4.78, 5) is 16.8. The van der Waals surface area contributed by atoms with Crippen LogP contribution in [0.4, 0.5) is 5.69 Å². The first-order valence-corrected chi connectivity index (χ1v) is 11.5. The molecular weight excluding hydrogens is 444 g/mol. The van der Waals surface area contributed by atoms with Gasteiger partial charge < -0.3 is 9.88 Å². The number of imidazole rings is 1. The third-order valence-corrected chi connectivity index (χ3v) is 7.60. The summed E-state index contributed by atoms with van der Waals surface area (Å²) in [6, 6.07) is 5.72. The van der Waals surface area contributed by atoms with Gasteiger partial charge in [0.25, 0.3) is 10.0 Å². The first-order valence-electron chi connectivity index (χ1n) is 9.29. The zero-order chi connectivity index (χ0) is 20.5. The van der Waals surface area contributed by atoms with Crippen molar-refractivity contribution >= 4 is 37.5 Å². The second kappa shape index (κ2) is 8.34. The lowest BCUT2D eigenvalue weighted by Gasteiger charge is -2.30. The highest BCUT2D eigenvalue weighted by atomic mass is 79.9. The van der Waals surface area contributed by atoms with Crippen LogP contribution in [0.5, 0.6) is 0 Å². The fraction of sp³-hybridized carbons (Fsp3) is 0.474. The van der Waals surface area contributed by atoms with Crippen LogP contribution in [0.25, 0.3) is 0 Å². The number of hydrogen-bond donors (Lipinski definition) is 1. The van der Waals surface area contributed by atoms with Gasteiger partial charge in [-0.2, -0.15) is 4.31 Å². The molecule has 152 valence electrons. The molecule has 0 spiro atoms. The van der Waals surface area contributed by atoms with Crippen LogP contribution in [-0.4, -0.2) is 41.3 Å². The smallest absolute Gasteiger partial charge is 0.262 e. The maximum atomic E-state index is 12.9. The molecule has 2 heterocycles. The minimum atomic E-state index is -3.71. The zero-order valence-corrected chi connectivity index (χ0v) is 18.6. The van der Waals surface area contributed by atoms with E-state index in [1.807, 2.05) is 39.0 Å². The number of hydrogen-bond acceptors (Lipinski definition) is 4. The van der Waals surface area contributed by atoms with Crippen molar-refractivity contribution in [3.05, 3.63) is 40.8 Å². The molecule has 1 aromatic carbocycles. The molecule has 1 amide bonds. The maximum absolute atomic E-state index is 12.9. The molecule has 1 saturated heterocycles. The lowest BCUT2D eigenvalue weighted by molar-refractivity contribution is -0.120. The number of aryl methyl sites for hydroxylation is 1. The molecule has 28 heavy (non-hydrogen) atoms. The number of rotatable bonds is 5. The number of piperidine rings is 1. The summed E-state index contributed by atoms with van der Waals surface area (Å²) < 4.78 is 30.0. The van der Waals surface area contributed by atoms with E-state index < -0.39 is 10.0 Å². The molecule has 0 bridgehead atoms. The van der Waals surface area contributed by atoms with Crippen LogP contribution in [0.3, 0.4) is 0 Å². The number of amides is 1. The van der Waals surface area contributed by atoms with Gasteiger partial charge in [0.15, 0.2) is 5.03 Å². The molecule has 3 rings (SSSR count). The molecule has 2 aromatic rings. The van der Waals surface area contributed by atoms with Crippen molar-refractivity contribution in [2.24, 2.45) is 5.92 Å². The molecule has 1 atom stereocenters. The molecule has 1 aromatic heterocycles. The van der Waals surface area contributed by atoms with Gasteiger partial charge in [0.1, 0.15) is 0 Å². The Bertz CT molecular complexity index is 971. The number of anilines is 1. The summed E-state index contributed by atoms with van der Waals surface area (Å²) in [5.74, 6) is -0.547. The van der Waals surface area contributed by atoms with Crippen molar-refractivity contribution in [3.8, 4) is 0 Å². The standard InChI is InChI=1S/C19H25BrN4O3S/c1-13(2)23-11-18(21-12-23)28(26,27)24-8-4-5-15(10-24)19(25)22-16-6-7-17(20)14(3)9-16/h6-7,9,11-13,15H,4-5,8,10H2,1-3H3,(H,22,25). The number of aromatic nitrogens is 2. The van der Waals surface area contributed by atoms with E-state index in [4.69, 9.17) is 0 Å². The van der Waals surface area contributed by atoms with E-state index in [-0.39, 0.29) is 29.4 Å². The molecule has 0 radical (unpaired) electrons. The molecule has 1 aliphatic rings. The number of sulfonamides is 1. The van der Waals surface area contributed by atoms with E-state index in [0.717, 1.165) is 10.0 Å². The van der Waals surface area contributed by atoms with Gasteiger partial charge in [-0.3, -0.25) is 4.79 Å². The third-order valence-electron chi connectivity index (χ3n) is 4.96. The fourth-order valence-corrected chi connectivity index (χ4v) is 4.90. The highest BCUT2D eigenvalue weighted by Crippen LogP contribution is 2.25. The second-order valence-electron chi connectivity index (χ2n) is 7.41. The van der Waals surface area contributed by atoms with Gasteiger partial charge in [-0.25, -0.2) is 13.4 Å². The second-order valence-corrected chi connectivity index (χ2v) is 10.1. The predicted octanol–water partition coefficient (Wildman–Crippen LogP) is 3.57. The average Bonchev–Trinajstić information content (AvgIpc) is 3.16. The first kappa shape index (κ1) is 21.0. The quantitative estimate of drug-likeness (QED) is 0.726. The van der Waals surface area contributed by atoms with E-state index >= 15 is 0 Å². The Balaban J connectivity index is 1.71. The van der Waals surface area contributed by atoms with Crippen molar-refractivity contribution in [1.82, 2.24) is 13.9 Å². The molecule has 0 saturated carbocycles. The van der Waals surface area contributed by atoms with E-state index in [2.05, 4.69) is 26.2 Å². The molecule has 1 fully saturated rings. The minimum Gasteiger partial charge on any atom is -0.334 e. The monoisotopic (exact) mass is 468 g/mol. The average molecular weight is 469 g/mol. The van der Waals surface area contributed by atoms with Crippen molar-refractivity contribution in [1.29, 1.82) is 0 Å². The number of carbonyl (C=O) groups excluding carboxylic acids is 1. The van der Waals surface area contributed by atoms with Crippen LogP contribution in [0.2, 0.25) is 0 Å². The molecule has 9 heteroatoms. The Morgan fingerprint density at radius 1 is 1.36 bits per heavy atom. The van der Waals surface area contributed by atoms with Crippen LogP contribution < -0.4 is 5.32 Å². The van der Waals surface area contributed by atoms with Crippen molar-refractivity contribution in [2.75, 3.05) is 18.4 Å². The number of benzene rings is 1. The van der Waals surface area contributed by atoms with Gasteiger partial charge in [-0.1, -0.05) is 15.9 Å². The van der Waals surface area contributed by atoms with Crippen LogP contribution in [0.15, 0.2) is 40.2 Å².